The molecular weight excluding hydrogens is 400 g/mol. The summed E-state index contributed by atoms with van der Waals surface area (Å²) in [4.78, 5) is 25.6. The zero-order valence-corrected chi connectivity index (χ0v) is 16.9. The van der Waals surface area contributed by atoms with Crippen LogP contribution in [-0.4, -0.2) is 38.8 Å². The summed E-state index contributed by atoms with van der Waals surface area (Å²) >= 11 is 0. The number of likely N-dealkylation sites (tertiary alicyclic amines) is 1. The lowest BCUT2D eigenvalue weighted by atomic mass is 9.95. The Bertz CT molecular complexity index is 1210. The van der Waals surface area contributed by atoms with E-state index in [9.17, 15) is 13.6 Å². The fourth-order valence-corrected chi connectivity index (χ4v) is 4.30. The number of imidazole rings is 1. The quantitative estimate of drug-likeness (QED) is 0.456. The van der Waals surface area contributed by atoms with Crippen LogP contribution in [0.1, 0.15) is 24.2 Å². The highest BCUT2D eigenvalue weighted by atomic mass is 19.2. The monoisotopic (exact) mass is 423 g/mol. The maximum Gasteiger partial charge on any atom is 0.223 e. The molecule has 0 atom stereocenters. The van der Waals surface area contributed by atoms with Crippen LogP contribution in [0.4, 0.5) is 8.78 Å². The van der Waals surface area contributed by atoms with Crippen molar-refractivity contribution in [2.24, 2.45) is 5.92 Å². The second-order valence-electron chi connectivity index (χ2n) is 8.09. The molecule has 0 saturated carbocycles. The number of halogens is 2. The van der Waals surface area contributed by atoms with Gasteiger partial charge >= 0.3 is 0 Å². The molecule has 0 unspecified atom stereocenters. The van der Waals surface area contributed by atoms with E-state index in [4.69, 9.17) is 0 Å². The number of carbonyl (C=O) groups excluding carboxylic acids is 1. The first-order valence-electron chi connectivity index (χ1n) is 10.5. The van der Waals surface area contributed by atoms with Crippen LogP contribution in [0.25, 0.3) is 21.9 Å². The Labute approximate surface area is 177 Å². The van der Waals surface area contributed by atoms with Crippen molar-refractivity contribution >= 4 is 27.8 Å². The van der Waals surface area contributed by atoms with Gasteiger partial charge in [-0.05, 0) is 49.7 Å². The summed E-state index contributed by atoms with van der Waals surface area (Å²) in [5, 5.41) is 3.69. The molecular formula is C23H23F2N5O. The Balaban J connectivity index is 1.15. The average molecular weight is 423 g/mol. The SMILES string of the molecule is O=C(NCc1nc2ccccc2[nH]1)C1CCN(Cc2c[nH]c3cc(F)c(F)cc23)CC1. The van der Waals surface area contributed by atoms with E-state index in [1.54, 1.807) is 6.20 Å². The topological polar surface area (TPSA) is 76.8 Å². The molecule has 0 radical (unpaired) electrons. The fraction of sp³-hybridized carbons (Fsp3) is 0.304. The van der Waals surface area contributed by atoms with Crippen LogP contribution in [-0.2, 0) is 17.9 Å². The summed E-state index contributed by atoms with van der Waals surface area (Å²) in [6.45, 7) is 2.57. The van der Waals surface area contributed by atoms with Crippen LogP contribution in [0.15, 0.2) is 42.6 Å². The Hall–Kier alpha value is -3.26. The Morgan fingerprint density at radius 1 is 1.13 bits per heavy atom. The Morgan fingerprint density at radius 2 is 1.90 bits per heavy atom. The number of rotatable bonds is 5. The first-order valence-corrected chi connectivity index (χ1v) is 10.5. The molecule has 2 aromatic heterocycles. The zero-order chi connectivity index (χ0) is 21.4. The van der Waals surface area contributed by atoms with E-state index >= 15 is 0 Å². The van der Waals surface area contributed by atoms with E-state index in [0.29, 0.717) is 24.0 Å². The van der Waals surface area contributed by atoms with Gasteiger partial charge in [0.25, 0.3) is 0 Å². The van der Waals surface area contributed by atoms with E-state index in [-0.39, 0.29) is 11.8 Å². The molecule has 8 heteroatoms. The van der Waals surface area contributed by atoms with Gasteiger partial charge in [-0.1, -0.05) is 12.1 Å². The number of nitrogens with zero attached hydrogens (tertiary/aromatic N) is 2. The number of hydrogen-bond donors (Lipinski definition) is 3. The van der Waals surface area contributed by atoms with E-state index in [0.717, 1.165) is 48.4 Å². The molecule has 3 heterocycles. The third-order valence-corrected chi connectivity index (χ3v) is 6.03. The summed E-state index contributed by atoms with van der Waals surface area (Å²) < 4.78 is 27.0. The molecule has 1 aliphatic rings. The molecule has 3 N–H and O–H groups in total. The van der Waals surface area contributed by atoms with E-state index in [1.807, 2.05) is 24.3 Å². The molecule has 0 aliphatic carbocycles. The number of H-pyrrole nitrogens is 2. The molecule has 1 saturated heterocycles. The van der Waals surface area contributed by atoms with E-state index in [2.05, 4.69) is 25.2 Å². The average Bonchev–Trinajstić information content (AvgIpc) is 3.37. The van der Waals surface area contributed by atoms with Gasteiger partial charge in [0.05, 0.1) is 17.6 Å². The lowest BCUT2D eigenvalue weighted by molar-refractivity contribution is -0.126. The number of piperidine rings is 1. The molecule has 1 amide bonds. The molecule has 1 aliphatic heterocycles. The summed E-state index contributed by atoms with van der Waals surface area (Å²) in [7, 11) is 0. The molecule has 0 spiro atoms. The van der Waals surface area contributed by atoms with Crippen molar-refractivity contribution in [3.05, 3.63) is 65.6 Å². The van der Waals surface area contributed by atoms with Crippen molar-refractivity contribution in [2.75, 3.05) is 13.1 Å². The standard InChI is InChI=1S/C23H23F2N5O/c24-17-9-16-15(11-26-21(16)10-18(17)25)13-30-7-5-14(6-8-30)23(31)27-12-22-28-19-3-1-2-4-20(19)29-22/h1-4,9-11,14,26H,5-8,12-13H2,(H,27,31)(H,28,29). The Kier molecular flexibility index (Phi) is 5.15. The number of fused-ring (bicyclic) bond motifs is 2. The van der Waals surface area contributed by atoms with Crippen LogP contribution >= 0.6 is 0 Å². The summed E-state index contributed by atoms with van der Waals surface area (Å²) in [6.07, 6.45) is 3.32. The van der Waals surface area contributed by atoms with Crippen molar-refractivity contribution in [2.45, 2.75) is 25.9 Å². The first-order chi connectivity index (χ1) is 15.1. The number of para-hydroxylation sites is 2. The maximum atomic E-state index is 13.6. The number of nitrogens with one attached hydrogen (secondary N) is 3. The smallest absolute Gasteiger partial charge is 0.223 e. The normalized spacial score (nSPS) is 15.7. The van der Waals surface area contributed by atoms with Crippen LogP contribution in [0, 0.1) is 17.6 Å². The second kappa shape index (κ2) is 8.11. The lowest BCUT2D eigenvalue weighted by Gasteiger charge is -2.31. The molecule has 31 heavy (non-hydrogen) atoms. The van der Waals surface area contributed by atoms with Crippen molar-refractivity contribution in [3.63, 3.8) is 0 Å². The van der Waals surface area contributed by atoms with E-state index in [1.165, 1.54) is 12.1 Å². The number of aromatic nitrogens is 3. The highest BCUT2D eigenvalue weighted by molar-refractivity contribution is 5.83. The van der Waals surface area contributed by atoms with Crippen molar-refractivity contribution in [1.82, 2.24) is 25.2 Å². The highest BCUT2D eigenvalue weighted by Crippen LogP contribution is 2.25. The minimum absolute atomic E-state index is 0.0323. The number of amides is 1. The predicted octanol–water partition coefficient (Wildman–Crippen LogP) is 3.85. The van der Waals surface area contributed by atoms with Crippen LogP contribution < -0.4 is 5.32 Å². The van der Waals surface area contributed by atoms with Gasteiger partial charge in [-0.3, -0.25) is 9.69 Å². The third-order valence-electron chi connectivity index (χ3n) is 6.03. The lowest BCUT2D eigenvalue weighted by Crippen LogP contribution is -2.40. The number of carbonyl (C=O) groups is 1. The summed E-state index contributed by atoms with van der Waals surface area (Å²) in [5.74, 6) is -0.932. The van der Waals surface area contributed by atoms with Crippen LogP contribution in [0.2, 0.25) is 0 Å². The summed E-state index contributed by atoms with van der Waals surface area (Å²) in [6, 6.07) is 10.2. The van der Waals surface area contributed by atoms with Crippen molar-refractivity contribution in [3.8, 4) is 0 Å². The van der Waals surface area contributed by atoms with Gasteiger partial charge in [0.15, 0.2) is 11.6 Å². The third kappa shape index (κ3) is 4.03. The zero-order valence-electron chi connectivity index (χ0n) is 16.9. The predicted molar refractivity (Wildman–Crippen MR) is 114 cm³/mol. The number of aromatic amines is 2. The van der Waals surface area contributed by atoms with Crippen LogP contribution in [0.3, 0.4) is 0 Å². The largest absolute Gasteiger partial charge is 0.361 e. The number of hydrogen-bond acceptors (Lipinski definition) is 3. The maximum absolute atomic E-state index is 13.6. The molecule has 5 rings (SSSR count). The number of benzene rings is 2. The Morgan fingerprint density at radius 3 is 2.71 bits per heavy atom. The second-order valence-corrected chi connectivity index (χ2v) is 8.09. The van der Waals surface area contributed by atoms with Gasteiger partial charge in [0.1, 0.15) is 5.82 Å². The van der Waals surface area contributed by atoms with Gasteiger partial charge in [0.2, 0.25) is 5.91 Å². The fourth-order valence-electron chi connectivity index (χ4n) is 4.30. The molecule has 1 fully saturated rings. The summed E-state index contributed by atoms with van der Waals surface area (Å²) in [5.41, 5.74) is 3.37. The van der Waals surface area contributed by atoms with Crippen LogP contribution in [0.5, 0.6) is 0 Å². The van der Waals surface area contributed by atoms with Gasteiger partial charge in [-0.2, -0.15) is 0 Å². The molecule has 6 nitrogen and oxygen atoms in total. The highest BCUT2D eigenvalue weighted by Gasteiger charge is 2.25. The van der Waals surface area contributed by atoms with Gasteiger partial charge in [0, 0.05) is 35.6 Å². The van der Waals surface area contributed by atoms with Gasteiger partial charge in [-0.25, -0.2) is 13.8 Å². The minimum Gasteiger partial charge on any atom is -0.361 e. The molecule has 4 aromatic rings. The first kappa shape index (κ1) is 19.7. The molecule has 2 aromatic carbocycles. The van der Waals surface area contributed by atoms with Crippen molar-refractivity contribution < 1.29 is 13.6 Å². The molecule has 0 bridgehead atoms. The minimum atomic E-state index is -0.852. The van der Waals surface area contributed by atoms with Gasteiger partial charge in [-0.15, -0.1) is 0 Å². The van der Waals surface area contributed by atoms with Crippen molar-refractivity contribution in [1.29, 1.82) is 0 Å². The molecule has 160 valence electrons. The van der Waals surface area contributed by atoms with E-state index < -0.39 is 11.6 Å². The van der Waals surface area contributed by atoms with Gasteiger partial charge < -0.3 is 15.3 Å².